The first-order chi connectivity index (χ1) is 19.7. The molecule has 0 unspecified atom stereocenters. The summed E-state index contributed by atoms with van der Waals surface area (Å²) in [6.45, 7) is 0. The highest BCUT2D eigenvalue weighted by Gasteiger charge is 2.22. The van der Waals surface area contributed by atoms with E-state index in [9.17, 15) is 8.78 Å². The Kier molecular flexibility index (Phi) is 5.86. The predicted octanol–water partition coefficient (Wildman–Crippen LogP) is 10.7. The number of benzene rings is 6. The fourth-order valence-electron chi connectivity index (χ4n) is 5.37. The van der Waals surface area contributed by atoms with E-state index in [1.165, 1.54) is 12.1 Å². The van der Waals surface area contributed by atoms with Gasteiger partial charge in [0.1, 0.15) is 22.8 Å². The summed E-state index contributed by atoms with van der Waals surface area (Å²) in [6.07, 6.45) is 0. The Bertz CT molecular complexity index is 1890. The minimum Gasteiger partial charge on any atom is -0.456 e. The number of anilines is 3. The molecule has 4 heteroatoms. The van der Waals surface area contributed by atoms with Crippen LogP contribution in [0.3, 0.4) is 0 Å². The van der Waals surface area contributed by atoms with Crippen molar-refractivity contribution >= 4 is 39.0 Å². The number of fused-ring (bicyclic) bond motifs is 3. The van der Waals surface area contributed by atoms with E-state index in [1.807, 2.05) is 97.1 Å². The molecule has 7 aromatic rings. The van der Waals surface area contributed by atoms with Crippen molar-refractivity contribution in [1.29, 1.82) is 0 Å². The molecule has 1 aromatic heterocycles. The van der Waals surface area contributed by atoms with Crippen molar-refractivity contribution in [3.05, 3.63) is 151 Å². The highest BCUT2D eigenvalue weighted by atomic mass is 19.1. The second-order valence-corrected chi connectivity index (χ2v) is 9.67. The van der Waals surface area contributed by atoms with Crippen molar-refractivity contribution in [1.82, 2.24) is 0 Å². The lowest BCUT2D eigenvalue weighted by molar-refractivity contribution is 0.628. The largest absolute Gasteiger partial charge is 0.456 e. The van der Waals surface area contributed by atoms with Crippen molar-refractivity contribution in [2.75, 3.05) is 4.90 Å². The maximum atomic E-state index is 14.8. The summed E-state index contributed by atoms with van der Waals surface area (Å²) in [5.41, 5.74) is 7.15. The molecule has 7 rings (SSSR count). The summed E-state index contributed by atoms with van der Waals surface area (Å²) in [5.74, 6) is -0.664. The van der Waals surface area contributed by atoms with Gasteiger partial charge in [0.05, 0.1) is 11.4 Å². The van der Waals surface area contributed by atoms with E-state index >= 15 is 0 Å². The molecule has 0 N–H and O–H groups in total. The number of hydrogen-bond donors (Lipinski definition) is 0. The van der Waals surface area contributed by atoms with Gasteiger partial charge >= 0.3 is 0 Å². The minimum atomic E-state index is -0.332. The monoisotopic (exact) mass is 523 g/mol. The highest BCUT2D eigenvalue weighted by Crippen LogP contribution is 2.46. The number of hydrogen-bond acceptors (Lipinski definition) is 2. The van der Waals surface area contributed by atoms with Gasteiger partial charge in [-0.05, 0) is 71.8 Å². The Hall–Kier alpha value is -5.22. The molecule has 0 spiro atoms. The molecule has 2 nitrogen and oxygen atoms in total. The van der Waals surface area contributed by atoms with E-state index in [-0.39, 0.29) is 11.6 Å². The lowest BCUT2D eigenvalue weighted by atomic mass is 9.98. The van der Waals surface area contributed by atoms with Crippen LogP contribution in [0, 0.1) is 11.6 Å². The van der Waals surface area contributed by atoms with E-state index in [0.29, 0.717) is 0 Å². The first-order valence-electron chi connectivity index (χ1n) is 13.1. The van der Waals surface area contributed by atoms with Gasteiger partial charge in [-0.2, -0.15) is 0 Å². The topological polar surface area (TPSA) is 16.4 Å². The maximum Gasteiger partial charge on any atom is 0.135 e. The Morgan fingerprint density at radius 2 is 0.975 bits per heavy atom. The van der Waals surface area contributed by atoms with E-state index in [1.54, 1.807) is 24.3 Å². The van der Waals surface area contributed by atoms with Crippen LogP contribution in [0.1, 0.15) is 0 Å². The van der Waals surface area contributed by atoms with E-state index in [2.05, 4.69) is 11.0 Å². The third kappa shape index (κ3) is 4.20. The van der Waals surface area contributed by atoms with Crippen molar-refractivity contribution < 1.29 is 13.2 Å². The van der Waals surface area contributed by atoms with Crippen LogP contribution >= 0.6 is 0 Å². The third-order valence-electron chi connectivity index (χ3n) is 7.19. The van der Waals surface area contributed by atoms with E-state index in [0.717, 1.165) is 61.3 Å². The number of furan rings is 1. The van der Waals surface area contributed by atoms with Gasteiger partial charge in [0.15, 0.2) is 0 Å². The molecule has 0 saturated carbocycles. The average molecular weight is 524 g/mol. The Morgan fingerprint density at radius 3 is 1.57 bits per heavy atom. The molecular weight excluding hydrogens is 500 g/mol. The highest BCUT2D eigenvalue weighted by molar-refractivity contribution is 6.07. The zero-order chi connectivity index (χ0) is 27.1. The maximum absolute atomic E-state index is 14.8. The summed E-state index contributed by atoms with van der Waals surface area (Å²) < 4.78 is 35.6. The lowest BCUT2D eigenvalue weighted by Crippen LogP contribution is -2.13. The molecule has 40 heavy (non-hydrogen) atoms. The Morgan fingerprint density at radius 1 is 0.450 bits per heavy atom. The molecule has 0 radical (unpaired) electrons. The average Bonchev–Trinajstić information content (AvgIpc) is 3.37. The molecule has 0 aliphatic carbocycles. The van der Waals surface area contributed by atoms with Gasteiger partial charge in [-0.15, -0.1) is 0 Å². The quantitative estimate of drug-likeness (QED) is 0.223. The van der Waals surface area contributed by atoms with Crippen LogP contribution in [-0.2, 0) is 0 Å². The number of rotatable bonds is 5. The Labute approximate surface area is 230 Å². The second-order valence-electron chi connectivity index (χ2n) is 9.67. The molecule has 0 atom stereocenters. The van der Waals surface area contributed by atoms with Crippen LogP contribution in [0.25, 0.3) is 44.2 Å². The van der Waals surface area contributed by atoms with Gasteiger partial charge < -0.3 is 9.32 Å². The smallest absolute Gasteiger partial charge is 0.135 e. The molecular formula is C36H23F2NO. The number of para-hydroxylation sites is 1. The lowest BCUT2D eigenvalue weighted by Gasteiger charge is -2.30. The van der Waals surface area contributed by atoms with Crippen LogP contribution in [0.2, 0.25) is 0 Å². The summed E-state index contributed by atoms with van der Waals surface area (Å²) in [6, 6.07) is 43.0. The first kappa shape index (κ1) is 23.9. The minimum absolute atomic E-state index is 0.332. The van der Waals surface area contributed by atoms with Crippen LogP contribution < -0.4 is 4.90 Å². The first-order valence-corrected chi connectivity index (χ1v) is 13.1. The summed E-state index contributed by atoms with van der Waals surface area (Å²) in [7, 11) is 0. The predicted molar refractivity (Wildman–Crippen MR) is 159 cm³/mol. The van der Waals surface area contributed by atoms with Gasteiger partial charge in [-0.3, -0.25) is 0 Å². The molecule has 0 saturated heterocycles. The summed E-state index contributed by atoms with van der Waals surface area (Å²) in [5, 5.41) is 1.97. The molecule has 0 aliphatic rings. The van der Waals surface area contributed by atoms with E-state index in [4.69, 9.17) is 4.42 Å². The van der Waals surface area contributed by atoms with Crippen molar-refractivity contribution in [3.63, 3.8) is 0 Å². The molecule has 0 aliphatic heterocycles. The van der Waals surface area contributed by atoms with Crippen molar-refractivity contribution in [2.24, 2.45) is 0 Å². The number of halogens is 2. The summed E-state index contributed by atoms with van der Waals surface area (Å²) >= 11 is 0. The van der Waals surface area contributed by atoms with Gasteiger partial charge in [0.2, 0.25) is 0 Å². The number of nitrogens with zero attached hydrogens (tertiary/aromatic N) is 1. The van der Waals surface area contributed by atoms with E-state index < -0.39 is 0 Å². The molecule has 0 bridgehead atoms. The molecule has 6 aromatic carbocycles. The fourth-order valence-corrected chi connectivity index (χ4v) is 5.37. The molecule has 1 heterocycles. The zero-order valence-corrected chi connectivity index (χ0v) is 21.4. The van der Waals surface area contributed by atoms with Crippen LogP contribution in [0.15, 0.2) is 144 Å². The normalized spacial score (nSPS) is 11.2. The van der Waals surface area contributed by atoms with Crippen LogP contribution in [-0.4, -0.2) is 0 Å². The fraction of sp³-hybridized carbons (Fsp3) is 0. The SMILES string of the molecule is Fc1ccc(N(c2ccc3oc4ccccc4c3c2)c2ccc(F)cc2-c2ccccc2)c(-c2ccccc2)c1. The zero-order valence-electron chi connectivity index (χ0n) is 21.4. The summed E-state index contributed by atoms with van der Waals surface area (Å²) in [4.78, 5) is 2.07. The van der Waals surface area contributed by atoms with Gasteiger partial charge in [0.25, 0.3) is 0 Å². The van der Waals surface area contributed by atoms with Crippen molar-refractivity contribution in [2.45, 2.75) is 0 Å². The third-order valence-corrected chi connectivity index (χ3v) is 7.19. The van der Waals surface area contributed by atoms with Crippen LogP contribution in [0.4, 0.5) is 25.8 Å². The molecule has 0 amide bonds. The van der Waals surface area contributed by atoms with Crippen molar-refractivity contribution in [3.8, 4) is 22.3 Å². The van der Waals surface area contributed by atoms with Gasteiger partial charge in [0, 0.05) is 27.6 Å². The molecule has 0 fully saturated rings. The van der Waals surface area contributed by atoms with Gasteiger partial charge in [-0.25, -0.2) is 8.78 Å². The second kappa shape index (κ2) is 9.83. The molecule has 192 valence electrons. The Balaban J connectivity index is 1.55. The standard InChI is InChI=1S/C36H23F2NO/c37-26-15-18-33(30(21-26)24-9-3-1-4-10-24)39(34-19-16-27(38)22-31(34)25-11-5-2-6-12-25)28-17-20-36-32(23-28)29-13-7-8-14-35(29)40-36/h1-23H. The van der Waals surface area contributed by atoms with Crippen LogP contribution in [0.5, 0.6) is 0 Å². The van der Waals surface area contributed by atoms with Gasteiger partial charge in [-0.1, -0.05) is 78.9 Å².